The Morgan fingerprint density at radius 3 is 1.80 bits per heavy atom. The first kappa shape index (κ1) is 13.9. The molecule has 15 heavy (non-hydrogen) atoms. The Hall–Kier alpha value is -1.11. The first-order chi connectivity index (χ1) is 6.86. The number of carbonyl (C=O) groups is 1. The van der Waals surface area contributed by atoms with E-state index in [1.807, 2.05) is 13.8 Å². The van der Waals surface area contributed by atoms with Gasteiger partial charge in [0.15, 0.2) is 0 Å². The molecule has 0 atom stereocenters. The van der Waals surface area contributed by atoms with Gasteiger partial charge in [-0.2, -0.15) is 0 Å². The number of carbonyl (C=O) groups excluding carboxylic acids is 1. The summed E-state index contributed by atoms with van der Waals surface area (Å²) in [6.45, 7) is 16.0. The van der Waals surface area contributed by atoms with E-state index in [0.717, 1.165) is 23.9 Å². The van der Waals surface area contributed by atoms with Crippen molar-refractivity contribution in [2.75, 3.05) is 0 Å². The molecule has 0 spiro atoms. The fourth-order valence-electron chi connectivity index (χ4n) is 1.67. The van der Waals surface area contributed by atoms with Gasteiger partial charge in [0.25, 0.3) is 0 Å². The molecule has 0 saturated heterocycles. The van der Waals surface area contributed by atoms with Crippen LogP contribution in [-0.2, 0) is 4.79 Å². The number of hydrogen-bond donors (Lipinski definition) is 0. The highest BCUT2D eigenvalue weighted by atomic mass is 16.1. The lowest BCUT2D eigenvalue weighted by atomic mass is 9.71. The molecule has 1 nitrogen and oxygen atoms in total. The molecule has 0 aliphatic heterocycles. The Morgan fingerprint density at radius 2 is 1.53 bits per heavy atom. The third kappa shape index (κ3) is 3.50. The molecule has 84 valence electrons. The van der Waals surface area contributed by atoms with Crippen molar-refractivity contribution in [1.82, 2.24) is 0 Å². The Kier molecular flexibility index (Phi) is 5.27. The summed E-state index contributed by atoms with van der Waals surface area (Å²) in [6.07, 6.45) is 4.40. The van der Waals surface area contributed by atoms with Crippen molar-refractivity contribution in [3.63, 3.8) is 0 Å². The monoisotopic (exact) mass is 206 g/mol. The normalized spacial score (nSPS) is 10.7. The van der Waals surface area contributed by atoms with Gasteiger partial charge < -0.3 is 4.79 Å². The average molecular weight is 206 g/mol. The predicted molar refractivity (Wildman–Crippen MR) is 66.8 cm³/mol. The van der Waals surface area contributed by atoms with Crippen molar-refractivity contribution in [2.24, 2.45) is 5.41 Å². The number of allylic oxidation sites excluding steroid dienone is 4. The Bertz CT molecular complexity index is 276. The first-order valence-electron chi connectivity index (χ1n) is 5.26. The summed E-state index contributed by atoms with van der Waals surface area (Å²) in [5, 5.41) is 0. The molecule has 0 bridgehead atoms. The molecule has 0 unspecified atom stereocenters. The Balaban J connectivity index is 5.13. The van der Waals surface area contributed by atoms with Gasteiger partial charge in [-0.3, -0.25) is 0 Å². The van der Waals surface area contributed by atoms with Crippen LogP contribution in [-0.4, -0.2) is 6.29 Å². The second kappa shape index (κ2) is 5.69. The fraction of sp³-hybridized carbons (Fsp3) is 0.500. The molecule has 0 radical (unpaired) electrons. The highest BCUT2D eigenvalue weighted by Gasteiger charge is 2.30. The van der Waals surface area contributed by atoms with Crippen LogP contribution in [0.4, 0.5) is 0 Å². The van der Waals surface area contributed by atoms with E-state index in [1.54, 1.807) is 0 Å². The van der Waals surface area contributed by atoms with E-state index in [4.69, 9.17) is 0 Å². The fourth-order valence-corrected chi connectivity index (χ4v) is 1.67. The first-order valence-corrected chi connectivity index (χ1v) is 5.26. The SMILES string of the molecule is C=C(C)C(CC=O)(CC=C(C)C)C(=C)C. The minimum atomic E-state index is -0.251. The van der Waals surface area contributed by atoms with Gasteiger partial charge in [-0.1, -0.05) is 36.0 Å². The lowest BCUT2D eigenvalue weighted by Crippen LogP contribution is -2.23. The zero-order chi connectivity index (χ0) is 12.1. The molecule has 1 heteroatoms. The summed E-state index contributed by atoms with van der Waals surface area (Å²) in [7, 11) is 0. The maximum absolute atomic E-state index is 10.8. The van der Waals surface area contributed by atoms with Crippen LogP contribution in [0.15, 0.2) is 36.0 Å². The van der Waals surface area contributed by atoms with Gasteiger partial charge in [0.05, 0.1) is 0 Å². The van der Waals surface area contributed by atoms with Crippen LogP contribution in [0.25, 0.3) is 0 Å². The quantitative estimate of drug-likeness (QED) is 0.473. The van der Waals surface area contributed by atoms with Crippen LogP contribution < -0.4 is 0 Å². The summed E-state index contributed by atoms with van der Waals surface area (Å²) in [6, 6.07) is 0. The van der Waals surface area contributed by atoms with E-state index in [1.165, 1.54) is 5.57 Å². The highest BCUT2D eigenvalue weighted by molar-refractivity contribution is 5.54. The van der Waals surface area contributed by atoms with Crippen molar-refractivity contribution in [3.8, 4) is 0 Å². The number of hydrogen-bond acceptors (Lipinski definition) is 1. The lowest BCUT2D eigenvalue weighted by molar-refractivity contribution is -0.109. The van der Waals surface area contributed by atoms with Gasteiger partial charge in [-0.15, -0.1) is 0 Å². The van der Waals surface area contributed by atoms with Gasteiger partial charge in [0.2, 0.25) is 0 Å². The minimum Gasteiger partial charge on any atom is -0.303 e. The summed E-state index contributed by atoms with van der Waals surface area (Å²) >= 11 is 0. The van der Waals surface area contributed by atoms with Crippen molar-refractivity contribution < 1.29 is 4.79 Å². The third-order valence-electron chi connectivity index (χ3n) is 2.92. The van der Waals surface area contributed by atoms with E-state index in [-0.39, 0.29) is 5.41 Å². The molecule has 0 aromatic heterocycles. The molecule has 0 saturated carbocycles. The predicted octanol–water partition coefficient (Wildman–Crippen LogP) is 4.07. The molecule has 0 rings (SSSR count). The molecule has 0 fully saturated rings. The molecule has 0 aromatic rings. The maximum Gasteiger partial charge on any atom is 0.121 e. The van der Waals surface area contributed by atoms with Crippen molar-refractivity contribution in [2.45, 2.75) is 40.5 Å². The molecule has 0 amide bonds. The van der Waals surface area contributed by atoms with Crippen molar-refractivity contribution in [3.05, 3.63) is 36.0 Å². The smallest absolute Gasteiger partial charge is 0.121 e. The molecule has 0 aromatic carbocycles. The van der Waals surface area contributed by atoms with Crippen LogP contribution >= 0.6 is 0 Å². The van der Waals surface area contributed by atoms with E-state index < -0.39 is 0 Å². The number of aldehydes is 1. The van der Waals surface area contributed by atoms with Gasteiger partial charge in [0.1, 0.15) is 6.29 Å². The maximum atomic E-state index is 10.8. The van der Waals surface area contributed by atoms with E-state index in [0.29, 0.717) is 6.42 Å². The molecule has 0 aliphatic carbocycles. The summed E-state index contributed by atoms with van der Waals surface area (Å²) < 4.78 is 0. The van der Waals surface area contributed by atoms with Crippen molar-refractivity contribution in [1.29, 1.82) is 0 Å². The second-order valence-corrected chi connectivity index (χ2v) is 4.50. The van der Waals surface area contributed by atoms with E-state index >= 15 is 0 Å². The summed E-state index contributed by atoms with van der Waals surface area (Å²) in [5.41, 5.74) is 3.03. The molecule has 0 heterocycles. The zero-order valence-electron chi connectivity index (χ0n) is 10.4. The molecule has 0 aliphatic rings. The largest absolute Gasteiger partial charge is 0.303 e. The van der Waals surface area contributed by atoms with Crippen LogP contribution in [0.2, 0.25) is 0 Å². The topological polar surface area (TPSA) is 17.1 Å². The zero-order valence-corrected chi connectivity index (χ0v) is 10.4. The van der Waals surface area contributed by atoms with Gasteiger partial charge in [-0.05, 0) is 34.1 Å². The Morgan fingerprint density at radius 1 is 1.07 bits per heavy atom. The third-order valence-corrected chi connectivity index (χ3v) is 2.92. The van der Waals surface area contributed by atoms with Gasteiger partial charge >= 0.3 is 0 Å². The van der Waals surface area contributed by atoms with Crippen LogP contribution in [0.3, 0.4) is 0 Å². The second-order valence-electron chi connectivity index (χ2n) is 4.50. The minimum absolute atomic E-state index is 0.251. The summed E-state index contributed by atoms with van der Waals surface area (Å²) in [5.74, 6) is 0. The standard InChI is InChI=1S/C14H22O/c1-11(2)7-8-14(9-10-15,12(3)4)13(5)6/h7,10H,3,5,8-9H2,1-2,4,6H3. The average Bonchev–Trinajstić information content (AvgIpc) is 2.10. The van der Waals surface area contributed by atoms with E-state index in [2.05, 4.69) is 33.1 Å². The molecular weight excluding hydrogens is 184 g/mol. The Labute approximate surface area is 93.6 Å². The van der Waals surface area contributed by atoms with E-state index in [9.17, 15) is 4.79 Å². The van der Waals surface area contributed by atoms with Crippen molar-refractivity contribution >= 4 is 6.29 Å². The van der Waals surface area contributed by atoms with Crippen LogP contribution in [0.1, 0.15) is 40.5 Å². The highest BCUT2D eigenvalue weighted by Crippen LogP contribution is 2.40. The summed E-state index contributed by atoms with van der Waals surface area (Å²) in [4.78, 5) is 10.8. The van der Waals surface area contributed by atoms with Gasteiger partial charge in [0, 0.05) is 11.8 Å². The number of rotatable bonds is 6. The molecule has 0 N–H and O–H groups in total. The van der Waals surface area contributed by atoms with Gasteiger partial charge in [-0.25, -0.2) is 0 Å². The lowest BCUT2D eigenvalue weighted by Gasteiger charge is -2.33. The van der Waals surface area contributed by atoms with Crippen LogP contribution in [0.5, 0.6) is 0 Å². The molecular formula is C14H22O. The van der Waals surface area contributed by atoms with Crippen LogP contribution in [0, 0.1) is 5.41 Å².